The normalized spacial score (nSPS) is 10.5. The van der Waals surface area contributed by atoms with Crippen molar-refractivity contribution in [2.45, 2.75) is 122 Å². The number of carboxylic acids is 1. The average Bonchev–Trinajstić information content (AvgIpc) is 2.50. The zero-order valence-electron chi connectivity index (χ0n) is 15.1. The van der Waals surface area contributed by atoms with Gasteiger partial charge in [0, 0.05) is 6.42 Å². The van der Waals surface area contributed by atoms with Gasteiger partial charge in [0.1, 0.15) is 0 Å². The molecule has 0 aliphatic carbocycles. The Morgan fingerprint density at radius 3 is 1.09 bits per heavy atom. The monoisotopic (exact) mass is 320 g/mol. The Kier molecular flexibility index (Phi) is 24.3. The second-order valence-electron chi connectivity index (χ2n) is 6.80. The molecule has 0 spiro atoms. The van der Waals surface area contributed by atoms with Crippen molar-refractivity contribution < 1.29 is 9.90 Å². The molecule has 0 aromatic heterocycles. The Morgan fingerprint density at radius 1 is 0.565 bits per heavy atom. The Morgan fingerprint density at radius 2 is 0.826 bits per heavy atom. The van der Waals surface area contributed by atoms with Gasteiger partial charge in [-0.25, -0.2) is 0 Å². The SMILES string of the molecule is CCCCCCCCCCCCCCCCCCCC(=O)O.[LiH]. The first-order chi connectivity index (χ1) is 10.8. The molecule has 0 aliphatic heterocycles. The van der Waals surface area contributed by atoms with Crippen molar-refractivity contribution in [1.82, 2.24) is 0 Å². The van der Waals surface area contributed by atoms with Crippen molar-refractivity contribution in [2.75, 3.05) is 0 Å². The molecule has 0 aliphatic rings. The number of carboxylic acid groups (broad SMARTS) is 1. The van der Waals surface area contributed by atoms with Crippen LogP contribution in [0.3, 0.4) is 0 Å². The third kappa shape index (κ3) is 24.4. The zero-order chi connectivity index (χ0) is 16.3. The molecule has 134 valence electrons. The van der Waals surface area contributed by atoms with E-state index in [0.717, 1.165) is 12.8 Å². The molecule has 0 amide bonds. The predicted molar refractivity (Wildman–Crippen MR) is 104 cm³/mol. The van der Waals surface area contributed by atoms with E-state index in [1.165, 1.54) is 96.3 Å². The fourth-order valence-electron chi connectivity index (χ4n) is 3.00. The molecule has 23 heavy (non-hydrogen) atoms. The van der Waals surface area contributed by atoms with Crippen molar-refractivity contribution >= 4 is 24.8 Å². The summed E-state index contributed by atoms with van der Waals surface area (Å²) in [7, 11) is 0. The molecular formula is C20H41LiO2. The summed E-state index contributed by atoms with van der Waals surface area (Å²) in [5.74, 6) is -0.652. The van der Waals surface area contributed by atoms with Crippen LogP contribution in [-0.4, -0.2) is 29.9 Å². The number of hydrogen-bond acceptors (Lipinski definition) is 1. The summed E-state index contributed by atoms with van der Waals surface area (Å²) in [6.45, 7) is 2.28. The van der Waals surface area contributed by atoms with Gasteiger partial charge in [-0.05, 0) is 6.42 Å². The second kappa shape index (κ2) is 22.1. The molecule has 0 heterocycles. The molecule has 0 unspecified atom stereocenters. The summed E-state index contributed by atoms with van der Waals surface area (Å²) in [5.41, 5.74) is 0. The van der Waals surface area contributed by atoms with E-state index in [-0.39, 0.29) is 18.9 Å². The Labute approximate surface area is 157 Å². The fourth-order valence-corrected chi connectivity index (χ4v) is 3.00. The first kappa shape index (κ1) is 25.3. The van der Waals surface area contributed by atoms with Crippen molar-refractivity contribution in [2.24, 2.45) is 0 Å². The van der Waals surface area contributed by atoms with Crippen molar-refractivity contribution in [3.8, 4) is 0 Å². The van der Waals surface area contributed by atoms with Crippen molar-refractivity contribution in [1.29, 1.82) is 0 Å². The molecule has 0 bridgehead atoms. The Balaban J connectivity index is 0. The molecular weight excluding hydrogens is 279 g/mol. The van der Waals surface area contributed by atoms with Crippen LogP contribution in [0.15, 0.2) is 0 Å². The molecule has 0 aromatic carbocycles. The van der Waals surface area contributed by atoms with E-state index < -0.39 is 5.97 Å². The molecule has 0 saturated heterocycles. The summed E-state index contributed by atoms with van der Waals surface area (Å²) in [5, 5.41) is 8.54. The molecule has 2 nitrogen and oxygen atoms in total. The third-order valence-electron chi connectivity index (χ3n) is 4.49. The summed E-state index contributed by atoms with van der Waals surface area (Å²) >= 11 is 0. The van der Waals surface area contributed by atoms with Gasteiger partial charge in [-0.15, -0.1) is 0 Å². The maximum absolute atomic E-state index is 10.4. The van der Waals surface area contributed by atoms with Crippen LogP contribution < -0.4 is 0 Å². The maximum atomic E-state index is 10.4. The van der Waals surface area contributed by atoms with E-state index in [1.54, 1.807) is 0 Å². The van der Waals surface area contributed by atoms with E-state index in [4.69, 9.17) is 5.11 Å². The van der Waals surface area contributed by atoms with Gasteiger partial charge in [-0.3, -0.25) is 4.79 Å². The molecule has 0 fully saturated rings. The van der Waals surface area contributed by atoms with Crippen LogP contribution >= 0.6 is 0 Å². The molecule has 0 atom stereocenters. The van der Waals surface area contributed by atoms with Gasteiger partial charge in [0.25, 0.3) is 0 Å². The van der Waals surface area contributed by atoms with Crippen molar-refractivity contribution in [3.63, 3.8) is 0 Å². The van der Waals surface area contributed by atoms with Gasteiger partial charge in [-0.2, -0.15) is 0 Å². The summed E-state index contributed by atoms with van der Waals surface area (Å²) in [4.78, 5) is 10.4. The van der Waals surface area contributed by atoms with Crippen LogP contribution in [0, 0.1) is 0 Å². The zero-order valence-corrected chi connectivity index (χ0v) is 15.1. The van der Waals surface area contributed by atoms with E-state index in [1.807, 2.05) is 0 Å². The van der Waals surface area contributed by atoms with E-state index in [0.29, 0.717) is 6.42 Å². The standard InChI is InChI=1S/C20H40O2.Li.H/c1-2-3-4-5-6-7-8-9-10-11-12-13-14-15-16-17-18-19-20(21)22;;/h2-19H2,1H3,(H,21,22);;. The van der Waals surface area contributed by atoms with Gasteiger partial charge >= 0.3 is 24.8 Å². The van der Waals surface area contributed by atoms with Crippen molar-refractivity contribution in [3.05, 3.63) is 0 Å². The number of aliphatic carboxylic acids is 1. The minimum atomic E-state index is -0.652. The van der Waals surface area contributed by atoms with E-state index >= 15 is 0 Å². The minimum absolute atomic E-state index is 0. The topological polar surface area (TPSA) is 37.3 Å². The first-order valence-corrected chi connectivity index (χ1v) is 9.99. The quantitative estimate of drug-likeness (QED) is 0.232. The number of rotatable bonds is 18. The fraction of sp³-hybridized carbons (Fsp3) is 0.950. The van der Waals surface area contributed by atoms with Gasteiger partial charge in [0.05, 0.1) is 0 Å². The summed E-state index contributed by atoms with van der Waals surface area (Å²) in [6.07, 6.45) is 23.1. The number of hydrogen-bond donors (Lipinski definition) is 1. The second-order valence-corrected chi connectivity index (χ2v) is 6.80. The van der Waals surface area contributed by atoms with Gasteiger partial charge in [0.2, 0.25) is 0 Å². The molecule has 0 radical (unpaired) electrons. The molecule has 0 aromatic rings. The van der Waals surface area contributed by atoms with Gasteiger partial charge in [-0.1, -0.05) is 110 Å². The summed E-state index contributed by atoms with van der Waals surface area (Å²) in [6, 6.07) is 0. The van der Waals surface area contributed by atoms with Crippen LogP contribution in [0.1, 0.15) is 122 Å². The van der Waals surface area contributed by atoms with Gasteiger partial charge < -0.3 is 5.11 Å². The first-order valence-electron chi connectivity index (χ1n) is 9.99. The average molecular weight is 320 g/mol. The van der Waals surface area contributed by atoms with Crippen LogP contribution in [0.4, 0.5) is 0 Å². The van der Waals surface area contributed by atoms with Crippen LogP contribution in [0.5, 0.6) is 0 Å². The third-order valence-corrected chi connectivity index (χ3v) is 4.49. The number of unbranched alkanes of at least 4 members (excludes halogenated alkanes) is 16. The molecule has 3 heteroatoms. The number of carbonyl (C=O) groups is 1. The van der Waals surface area contributed by atoms with Crippen LogP contribution in [0.2, 0.25) is 0 Å². The molecule has 0 rings (SSSR count). The van der Waals surface area contributed by atoms with Crippen LogP contribution in [0.25, 0.3) is 0 Å². The van der Waals surface area contributed by atoms with E-state index in [2.05, 4.69) is 6.92 Å². The molecule has 0 saturated carbocycles. The summed E-state index contributed by atoms with van der Waals surface area (Å²) < 4.78 is 0. The predicted octanol–water partition coefficient (Wildman–Crippen LogP) is 6.46. The Bertz CT molecular complexity index is 232. The Hall–Kier alpha value is 0.0674. The van der Waals surface area contributed by atoms with E-state index in [9.17, 15) is 4.79 Å². The molecule has 1 N–H and O–H groups in total. The van der Waals surface area contributed by atoms with Crippen LogP contribution in [-0.2, 0) is 4.79 Å². The van der Waals surface area contributed by atoms with Gasteiger partial charge in [0.15, 0.2) is 0 Å².